The van der Waals surface area contributed by atoms with Crippen molar-refractivity contribution in [1.29, 1.82) is 0 Å². The fourth-order valence-electron chi connectivity index (χ4n) is 2.07. The molecule has 4 nitrogen and oxygen atoms in total. The molecule has 0 aliphatic rings. The molecule has 1 aromatic heterocycles. The number of pyridine rings is 1. The van der Waals surface area contributed by atoms with Crippen molar-refractivity contribution in [3.63, 3.8) is 0 Å². The topological polar surface area (TPSA) is 56.3 Å². The van der Waals surface area contributed by atoms with Gasteiger partial charge in [0.25, 0.3) is 0 Å². The summed E-state index contributed by atoms with van der Waals surface area (Å²) in [5.74, 6) is -0.518. The first kappa shape index (κ1) is 14.2. The lowest BCUT2D eigenvalue weighted by Crippen LogP contribution is -2.25. The van der Waals surface area contributed by atoms with Crippen LogP contribution in [-0.2, 0) is 4.74 Å². The molecule has 1 aromatic carbocycles. The number of aromatic nitrogens is 1. The largest absolute Gasteiger partial charge is 0.456 e. The zero-order valence-corrected chi connectivity index (χ0v) is 12.1. The summed E-state index contributed by atoms with van der Waals surface area (Å²) >= 11 is 0. The van der Waals surface area contributed by atoms with E-state index in [4.69, 9.17) is 4.74 Å². The molecule has 0 aliphatic heterocycles. The highest BCUT2D eigenvalue weighted by atomic mass is 16.6. The molecule has 0 spiro atoms. The molecule has 0 amide bonds. The van der Waals surface area contributed by atoms with Crippen LogP contribution in [0.25, 0.3) is 10.9 Å². The molecule has 0 radical (unpaired) electrons. The van der Waals surface area contributed by atoms with Crippen LogP contribution in [0.2, 0.25) is 0 Å². The Kier molecular flexibility index (Phi) is 3.57. The van der Waals surface area contributed by atoms with Gasteiger partial charge in [-0.05, 0) is 39.3 Å². The highest BCUT2D eigenvalue weighted by Gasteiger charge is 2.24. The van der Waals surface area contributed by atoms with Crippen molar-refractivity contribution in [2.75, 3.05) is 0 Å². The average molecular weight is 271 g/mol. The van der Waals surface area contributed by atoms with Gasteiger partial charge in [-0.15, -0.1) is 0 Å². The van der Waals surface area contributed by atoms with Gasteiger partial charge >= 0.3 is 5.97 Å². The summed E-state index contributed by atoms with van der Waals surface area (Å²) in [5.41, 5.74) is 1.16. The monoisotopic (exact) mass is 271 g/mol. The highest BCUT2D eigenvalue weighted by Crippen LogP contribution is 2.24. The third kappa shape index (κ3) is 2.69. The number of hydrogen-bond acceptors (Lipinski definition) is 4. The molecule has 104 valence electrons. The van der Waals surface area contributed by atoms with E-state index in [1.54, 1.807) is 27.7 Å². The lowest BCUT2D eigenvalue weighted by atomic mass is 10.0. The minimum atomic E-state index is -0.616. The normalized spacial score (nSPS) is 11.4. The van der Waals surface area contributed by atoms with Crippen LogP contribution >= 0.6 is 0 Å². The summed E-state index contributed by atoms with van der Waals surface area (Å²) in [4.78, 5) is 27.7. The highest BCUT2D eigenvalue weighted by molar-refractivity contribution is 6.03. The fraction of sp³-hybridized carbons (Fsp3) is 0.312. The number of esters is 1. The van der Waals surface area contributed by atoms with Crippen molar-refractivity contribution in [3.8, 4) is 0 Å². The Balaban J connectivity index is 2.65. The average Bonchev–Trinajstić information content (AvgIpc) is 2.36. The van der Waals surface area contributed by atoms with Crippen LogP contribution in [-0.4, -0.2) is 22.8 Å². The van der Waals surface area contributed by atoms with Crippen LogP contribution in [0.3, 0.4) is 0 Å². The van der Waals surface area contributed by atoms with Crippen molar-refractivity contribution in [2.45, 2.75) is 33.3 Å². The standard InChI is InChI=1S/C16H17NO3/c1-10-11-7-5-6-8-12(11)17-13(9-18)14(10)15(19)20-16(2,3)4/h5-9H,1-4H3. The molecule has 4 heteroatoms. The number of para-hydroxylation sites is 1. The molecule has 0 N–H and O–H groups in total. The Morgan fingerprint density at radius 1 is 1.25 bits per heavy atom. The molecule has 0 bridgehead atoms. The summed E-state index contributed by atoms with van der Waals surface area (Å²) in [6.07, 6.45) is 0.596. The second-order valence-corrected chi connectivity index (χ2v) is 5.63. The first-order valence-corrected chi connectivity index (χ1v) is 6.41. The van der Waals surface area contributed by atoms with Crippen LogP contribution in [0, 0.1) is 6.92 Å². The van der Waals surface area contributed by atoms with Gasteiger partial charge in [0.05, 0.1) is 11.1 Å². The summed E-state index contributed by atoms with van der Waals surface area (Å²) in [5, 5.41) is 0.846. The number of fused-ring (bicyclic) bond motifs is 1. The number of rotatable bonds is 2. The van der Waals surface area contributed by atoms with Crippen molar-refractivity contribution in [3.05, 3.63) is 41.1 Å². The Labute approximate surface area is 117 Å². The van der Waals surface area contributed by atoms with E-state index in [0.29, 0.717) is 17.4 Å². The molecule has 2 rings (SSSR count). The van der Waals surface area contributed by atoms with E-state index in [1.807, 2.05) is 24.3 Å². The number of carbonyl (C=O) groups is 2. The molecule has 0 unspecified atom stereocenters. The van der Waals surface area contributed by atoms with Crippen LogP contribution in [0.1, 0.15) is 47.2 Å². The number of aldehydes is 1. The van der Waals surface area contributed by atoms with Crippen molar-refractivity contribution >= 4 is 23.2 Å². The van der Waals surface area contributed by atoms with Gasteiger partial charge in [0, 0.05) is 5.39 Å². The zero-order valence-electron chi connectivity index (χ0n) is 12.1. The van der Waals surface area contributed by atoms with E-state index >= 15 is 0 Å². The predicted molar refractivity (Wildman–Crippen MR) is 77.0 cm³/mol. The maximum Gasteiger partial charge on any atom is 0.341 e. The summed E-state index contributed by atoms with van der Waals surface area (Å²) in [6.45, 7) is 7.16. The van der Waals surface area contributed by atoms with Gasteiger partial charge in [-0.1, -0.05) is 18.2 Å². The minimum absolute atomic E-state index is 0.121. The molecular weight excluding hydrogens is 254 g/mol. The van der Waals surface area contributed by atoms with E-state index in [-0.39, 0.29) is 11.3 Å². The number of nitrogens with zero attached hydrogens (tertiary/aromatic N) is 1. The molecule has 0 saturated carbocycles. The smallest absolute Gasteiger partial charge is 0.341 e. The van der Waals surface area contributed by atoms with Gasteiger partial charge < -0.3 is 4.74 Å². The molecule has 20 heavy (non-hydrogen) atoms. The number of carbonyl (C=O) groups excluding carboxylic acids is 2. The van der Waals surface area contributed by atoms with Gasteiger partial charge in [0.2, 0.25) is 0 Å². The van der Waals surface area contributed by atoms with Crippen molar-refractivity contribution in [1.82, 2.24) is 4.98 Å². The molecule has 0 fully saturated rings. The quantitative estimate of drug-likeness (QED) is 0.621. The summed E-state index contributed by atoms with van der Waals surface area (Å²) in [6, 6.07) is 7.40. The van der Waals surface area contributed by atoms with Gasteiger partial charge in [0.1, 0.15) is 11.3 Å². The Morgan fingerprint density at radius 2 is 1.90 bits per heavy atom. The number of ether oxygens (including phenoxy) is 1. The Bertz CT molecular complexity index is 684. The third-order valence-corrected chi connectivity index (χ3v) is 2.89. The molecule has 0 atom stereocenters. The van der Waals surface area contributed by atoms with E-state index in [9.17, 15) is 9.59 Å². The Hall–Kier alpha value is -2.23. The van der Waals surface area contributed by atoms with Crippen LogP contribution in [0.4, 0.5) is 0 Å². The molecule has 0 saturated heterocycles. The Morgan fingerprint density at radius 3 is 2.50 bits per heavy atom. The molecule has 1 heterocycles. The van der Waals surface area contributed by atoms with Gasteiger partial charge in [-0.25, -0.2) is 9.78 Å². The second-order valence-electron chi connectivity index (χ2n) is 5.63. The molecule has 0 aliphatic carbocycles. The maximum absolute atomic E-state index is 12.3. The van der Waals surface area contributed by atoms with Crippen molar-refractivity contribution < 1.29 is 14.3 Å². The van der Waals surface area contributed by atoms with E-state index < -0.39 is 11.6 Å². The maximum atomic E-state index is 12.3. The van der Waals surface area contributed by atoms with Crippen LogP contribution in [0.5, 0.6) is 0 Å². The number of aryl methyl sites for hydroxylation is 1. The van der Waals surface area contributed by atoms with E-state index in [0.717, 1.165) is 5.39 Å². The van der Waals surface area contributed by atoms with Gasteiger partial charge in [-0.2, -0.15) is 0 Å². The first-order valence-electron chi connectivity index (χ1n) is 6.41. The summed E-state index contributed by atoms with van der Waals surface area (Å²) < 4.78 is 5.36. The van der Waals surface area contributed by atoms with E-state index in [1.165, 1.54) is 0 Å². The third-order valence-electron chi connectivity index (χ3n) is 2.89. The van der Waals surface area contributed by atoms with Gasteiger partial charge in [0.15, 0.2) is 6.29 Å². The van der Waals surface area contributed by atoms with Crippen LogP contribution < -0.4 is 0 Å². The molecular formula is C16H17NO3. The number of hydrogen-bond donors (Lipinski definition) is 0. The lowest BCUT2D eigenvalue weighted by Gasteiger charge is -2.21. The fourth-order valence-corrected chi connectivity index (χ4v) is 2.07. The minimum Gasteiger partial charge on any atom is -0.456 e. The van der Waals surface area contributed by atoms with E-state index in [2.05, 4.69) is 4.98 Å². The molecule has 2 aromatic rings. The SMILES string of the molecule is Cc1c(C(=O)OC(C)(C)C)c(C=O)nc2ccccc12. The predicted octanol–water partition coefficient (Wildman–Crippen LogP) is 3.31. The summed E-state index contributed by atoms with van der Waals surface area (Å²) in [7, 11) is 0. The zero-order chi connectivity index (χ0) is 14.9. The second kappa shape index (κ2) is 5.04. The van der Waals surface area contributed by atoms with Crippen molar-refractivity contribution in [2.24, 2.45) is 0 Å². The van der Waals surface area contributed by atoms with Crippen LogP contribution in [0.15, 0.2) is 24.3 Å². The lowest BCUT2D eigenvalue weighted by molar-refractivity contribution is 0.00672. The number of benzene rings is 1. The first-order chi connectivity index (χ1) is 9.33. The van der Waals surface area contributed by atoms with Gasteiger partial charge in [-0.3, -0.25) is 4.79 Å².